The Bertz CT molecular complexity index is 1750. The molecular formula is C46H79N7O6S. The molecule has 0 aromatic heterocycles. The number of nitrogens with zero attached hydrogens (tertiary/aromatic N) is 3. The summed E-state index contributed by atoms with van der Waals surface area (Å²) in [5.41, 5.74) is -1.78. The van der Waals surface area contributed by atoms with Crippen molar-refractivity contribution in [1.82, 2.24) is 34.8 Å². The number of hydrogen-bond donors (Lipinski definition) is 4. The van der Waals surface area contributed by atoms with Gasteiger partial charge in [-0.15, -0.1) is 6.58 Å². The zero-order valence-electron chi connectivity index (χ0n) is 38.6. The summed E-state index contributed by atoms with van der Waals surface area (Å²) in [6.45, 7) is 26.6. The molecule has 2 saturated heterocycles. The number of likely N-dealkylation sites (tertiary alicyclic amines) is 2. The molecule has 0 bridgehead atoms. The van der Waals surface area contributed by atoms with Crippen molar-refractivity contribution in [3.63, 3.8) is 0 Å². The molecule has 0 aromatic rings. The molecule has 2 heterocycles. The van der Waals surface area contributed by atoms with Gasteiger partial charge in [0.2, 0.25) is 17.7 Å². The van der Waals surface area contributed by atoms with E-state index in [9.17, 15) is 27.6 Å². The Labute approximate surface area is 361 Å². The Morgan fingerprint density at radius 1 is 0.867 bits per heavy atom. The van der Waals surface area contributed by atoms with Gasteiger partial charge in [0.25, 0.3) is 5.91 Å². The van der Waals surface area contributed by atoms with Gasteiger partial charge in [-0.1, -0.05) is 79.7 Å². The molecule has 6 rings (SSSR count). The minimum absolute atomic E-state index is 0.0121. The third kappa shape index (κ3) is 8.33. The van der Waals surface area contributed by atoms with Crippen LogP contribution in [0.3, 0.4) is 0 Å². The smallest absolute Gasteiger partial charge is 0.304 e. The molecule has 2 spiro atoms. The Hall–Kier alpha value is -2.55. The van der Waals surface area contributed by atoms with Crippen LogP contribution < -0.4 is 20.7 Å². The van der Waals surface area contributed by atoms with Crippen LogP contribution in [0.15, 0.2) is 12.7 Å². The van der Waals surface area contributed by atoms with Crippen LogP contribution in [-0.2, 0) is 29.4 Å². The summed E-state index contributed by atoms with van der Waals surface area (Å²) in [5.74, 6) is -1.64. The van der Waals surface area contributed by atoms with E-state index in [-0.39, 0.29) is 77.0 Å². The first-order valence-electron chi connectivity index (χ1n) is 23.4. The Morgan fingerprint density at radius 2 is 1.52 bits per heavy atom. The van der Waals surface area contributed by atoms with Crippen molar-refractivity contribution in [1.29, 1.82) is 0 Å². The van der Waals surface area contributed by atoms with E-state index in [2.05, 4.69) is 85.5 Å². The number of rotatable bonds is 16. The van der Waals surface area contributed by atoms with Crippen LogP contribution in [0.5, 0.6) is 0 Å². The minimum atomic E-state index is -4.16. The second-order valence-corrected chi connectivity index (χ2v) is 23.3. The highest BCUT2D eigenvalue weighted by Crippen LogP contribution is 2.88. The van der Waals surface area contributed by atoms with Crippen LogP contribution in [0, 0.1) is 33.5 Å². The van der Waals surface area contributed by atoms with Crippen LogP contribution >= 0.6 is 0 Å². The average Bonchev–Trinajstić information content (AvgIpc) is 3.89. The van der Waals surface area contributed by atoms with Crippen molar-refractivity contribution in [2.75, 3.05) is 26.2 Å². The molecule has 7 unspecified atom stereocenters. The van der Waals surface area contributed by atoms with E-state index in [0.717, 1.165) is 77.2 Å². The van der Waals surface area contributed by atoms with Crippen molar-refractivity contribution in [2.24, 2.45) is 33.5 Å². The number of hydrogen-bond acceptors (Lipinski definition) is 8. The van der Waals surface area contributed by atoms with E-state index in [1.165, 1.54) is 4.31 Å². The van der Waals surface area contributed by atoms with Gasteiger partial charge in [0, 0.05) is 43.7 Å². The molecule has 60 heavy (non-hydrogen) atoms. The molecule has 2 aliphatic heterocycles. The van der Waals surface area contributed by atoms with Gasteiger partial charge in [-0.2, -0.15) is 12.7 Å². The van der Waals surface area contributed by atoms with Gasteiger partial charge in [-0.25, -0.2) is 4.72 Å². The zero-order valence-corrected chi connectivity index (χ0v) is 39.4. The highest BCUT2D eigenvalue weighted by atomic mass is 32.2. The first-order chi connectivity index (χ1) is 28.0. The van der Waals surface area contributed by atoms with Crippen molar-refractivity contribution in [3.05, 3.63) is 12.7 Å². The van der Waals surface area contributed by atoms with Crippen LogP contribution in [-0.4, -0.2) is 114 Å². The van der Waals surface area contributed by atoms with Gasteiger partial charge < -0.3 is 16.0 Å². The summed E-state index contributed by atoms with van der Waals surface area (Å²) in [4.78, 5) is 62.2. The number of fused-ring (bicyclic) bond motifs is 1. The predicted molar refractivity (Wildman–Crippen MR) is 236 cm³/mol. The molecule has 6 fully saturated rings. The molecule has 0 aromatic carbocycles. The molecule has 13 nitrogen and oxygen atoms in total. The summed E-state index contributed by atoms with van der Waals surface area (Å²) in [5, 5.41) is 9.86. The predicted octanol–water partition coefficient (Wildman–Crippen LogP) is 5.27. The number of piperidine rings is 1. The number of amides is 4. The summed E-state index contributed by atoms with van der Waals surface area (Å²) in [6, 6.07) is -1.99. The van der Waals surface area contributed by atoms with Crippen LogP contribution in [0.4, 0.5) is 0 Å². The van der Waals surface area contributed by atoms with E-state index in [0.29, 0.717) is 19.5 Å². The van der Waals surface area contributed by atoms with E-state index >= 15 is 0 Å². The molecule has 340 valence electrons. The van der Waals surface area contributed by atoms with Crippen molar-refractivity contribution >= 4 is 33.8 Å². The lowest BCUT2D eigenvalue weighted by Gasteiger charge is -2.40. The van der Waals surface area contributed by atoms with Gasteiger partial charge in [-0.3, -0.25) is 29.0 Å². The third-order valence-corrected chi connectivity index (χ3v) is 18.4. The van der Waals surface area contributed by atoms with E-state index in [4.69, 9.17) is 0 Å². The van der Waals surface area contributed by atoms with Crippen molar-refractivity contribution in [2.45, 2.75) is 194 Å². The summed E-state index contributed by atoms with van der Waals surface area (Å²) in [7, 11) is -4.16. The first-order valence-corrected chi connectivity index (χ1v) is 24.9. The van der Waals surface area contributed by atoms with Crippen LogP contribution in [0.1, 0.15) is 153 Å². The Morgan fingerprint density at radius 3 is 2.03 bits per heavy atom. The molecule has 4 saturated carbocycles. The lowest BCUT2D eigenvalue weighted by Crippen LogP contribution is -2.62. The van der Waals surface area contributed by atoms with E-state index in [1.54, 1.807) is 26.8 Å². The first kappa shape index (κ1) is 46.9. The topological polar surface area (TPSA) is 160 Å². The van der Waals surface area contributed by atoms with Crippen LogP contribution in [0.25, 0.3) is 0 Å². The Kier molecular flexibility index (Phi) is 13.5. The highest BCUT2D eigenvalue weighted by molar-refractivity contribution is 7.87. The van der Waals surface area contributed by atoms with Crippen molar-refractivity contribution < 1.29 is 27.6 Å². The standard InChI is InChI=1S/C46H79N7O6S/c1-12-33-26-46(33,41(57)50-60(58,59)53(13-2)31(5)6)49-39(55)35-27-45(43(10,11)44(45)23-19-24-44)29-51(35)28-36(42(7,8)9)47-40(56)37(32-20-15-14-16-21-32)48-38(54)34-22-17-18-25-52(34)30(3)4/h12,30-37H,1,13-29H2,2-11H3,(H,47,56)(H,48,54)(H,49,55)(H,50,57). The van der Waals surface area contributed by atoms with E-state index < -0.39 is 45.1 Å². The molecule has 4 aliphatic carbocycles. The highest BCUT2D eigenvalue weighted by Gasteiger charge is 2.85. The van der Waals surface area contributed by atoms with Crippen LogP contribution in [0.2, 0.25) is 0 Å². The molecular weight excluding hydrogens is 779 g/mol. The largest absolute Gasteiger partial charge is 0.350 e. The van der Waals surface area contributed by atoms with Gasteiger partial charge in [0.1, 0.15) is 11.6 Å². The zero-order chi connectivity index (χ0) is 44.2. The number of nitrogens with one attached hydrogen (secondary N) is 4. The summed E-state index contributed by atoms with van der Waals surface area (Å²) < 4.78 is 30.3. The molecule has 0 radical (unpaired) electrons. The fraction of sp³-hybridized carbons (Fsp3) is 0.870. The summed E-state index contributed by atoms with van der Waals surface area (Å²) >= 11 is 0. The SMILES string of the molecule is C=CC1CC1(NC(=O)C1CC2(CN1CC(NC(=O)C(NC(=O)C1CCCCN1C(C)C)C1CCCCC1)C(C)(C)C)C(C)(C)C21CCC1)C(=O)NS(=O)(=O)N(CC)C(C)C. The molecule has 4 N–H and O–H groups in total. The van der Waals surface area contributed by atoms with Gasteiger partial charge in [0.15, 0.2) is 0 Å². The quantitative estimate of drug-likeness (QED) is 0.153. The number of carbonyl (C=O) groups excluding carboxylic acids is 4. The molecule has 7 atom stereocenters. The molecule has 4 amide bonds. The normalized spacial score (nSPS) is 31.4. The lowest BCUT2D eigenvalue weighted by molar-refractivity contribution is -0.135. The summed E-state index contributed by atoms with van der Waals surface area (Å²) in [6.07, 6.45) is 13.7. The van der Waals surface area contributed by atoms with Crippen molar-refractivity contribution in [3.8, 4) is 0 Å². The van der Waals surface area contributed by atoms with Gasteiger partial charge in [0.05, 0.1) is 12.1 Å². The minimum Gasteiger partial charge on any atom is -0.350 e. The second kappa shape index (κ2) is 17.2. The average molecular weight is 858 g/mol. The molecule has 14 heteroatoms. The fourth-order valence-electron chi connectivity index (χ4n) is 12.5. The maximum Gasteiger partial charge on any atom is 0.304 e. The number of carbonyl (C=O) groups is 4. The van der Waals surface area contributed by atoms with Gasteiger partial charge in [-0.05, 0) is 113 Å². The Balaban J connectivity index is 1.25. The molecule has 6 aliphatic rings. The fourth-order valence-corrected chi connectivity index (χ4v) is 14.0. The lowest BCUT2D eigenvalue weighted by atomic mass is 9.73. The second-order valence-electron chi connectivity index (χ2n) is 21.7. The third-order valence-electron chi connectivity index (χ3n) is 16.7. The van der Waals surface area contributed by atoms with Gasteiger partial charge >= 0.3 is 10.2 Å². The monoisotopic (exact) mass is 858 g/mol. The maximum absolute atomic E-state index is 14.8. The maximum atomic E-state index is 14.8. The van der Waals surface area contributed by atoms with E-state index in [1.807, 2.05) is 0 Å².